The van der Waals surface area contributed by atoms with Crippen LogP contribution in [0.4, 0.5) is 4.79 Å². The summed E-state index contributed by atoms with van der Waals surface area (Å²) in [5.74, 6) is 0.325. The number of benzene rings is 1. The van der Waals surface area contributed by atoms with Crippen LogP contribution in [0.3, 0.4) is 0 Å². The first-order chi connectivity index (χ1) is 10.4. The lowest BCUT2D eigenvalue weighted by Gasteiger charge is -2.24. The smallest absolute Gasteiger partial charge is 0.410 e. The molecule has 1 fully saturated rings. The summed E-state index contributed by atoms with van der Waals surface area (Å²) in [7, 11) is 0. The monoisotopic (exact) mass is 298 g/mol. The number of fused-ring (bicyclic) bond motifs is 1. The Morgan fingerprint density at radius 3 is 2.82 bits per heavy atom. The van der Waals surface area contributed by atoms with Gasteiger partial charge in [0.25, 0.3) is 0 Å². The third kappa shape index (κ3) is 3.06. The molecule has 1 aromatic heterocycles. The number of amides is 1. The van der Waals surface area contributed by atoms with Gasteiger partial charge in [0.05, 0.1) is 5.52 Å². The lowest BCUT2D eigenvalue weighted by molar-refractivity contribution is 0.0292. The molecule has 0 spiro atoms. The predicted octanol–water partition coefficient (Wildman–Crippen LogP) is 3.96. The van der Waals surface area contributed by atoms with Crippen LogP contribution in [-0.4, -0.2) is 34.7 Å². The molecular formula is C18H22N2O2. The Bertz CT molecular complexity index is 686. The van der Waals surface area contributed by atoms with Gasteiger partial charge in [-0.2, -0.15) is 0 Å². The first-order valence-corrected chi connectivity index (χ1v) is 7.75. The van der Waals surface area contributed by atoms with Crippen LogP contribution in [0.15, 0.2) is 36.5 Å². The molecule has 1 amide bonds. The summed E-state index contributed by atoms with van der Waals surface area (Å²) in [5.41, 5.74) is 1.82. The molecule has 0 bridgehead atoms. The second-order valence-corrected chi connectivity index (χ2v) is 6.83. The van der Waals surface area contributed by atoms with E-state index in [1.165, 1.54) is 5.56 Å². The van der Waals surface area contributed by atoms with E-state index in [-0.39, 0.29) is 6.09 Å². The summed E-state index contributed by atoms with van der Waals surface area (Å²) in [6, 6.07) is 10.3. The van der Waals surface area contributed by atoms with Gasteiger partial charge >= 0.3 is 6.09 Å². The normalized spacial score (nSPS) is 18.7. The van der Waals surface area contributed by atoms with Crippen LogP contribution in [0.2, 0.25) is 0 Å². The molecule has 0 saturated carbocycles. The van der Waals surface area contributed by atoms with Crippen molar-refractivity contribution in [2.45, 2.75) is 38.7 Å². The molecule has 1 aromatic carbocycles. The van der Waals surface area contributed by atoms with E-state index in [2.05, 4.69) is 29.2 Å². The summed E-state index contributed by atoms with van der Waals surface area (Å²) in [6.07, 6.45) is 2.56. The van der Waals surface area contributed by atoms with E-state index in [9.17, 15) is 4.79 Å². The number of para-hydroxylation sites is 1. The fourth-order valence-electron chi connectivity index (χ4n) is 2.96. The van der Waals surface area contributed by atoms with Gasteiger partial charge in [0.2, 0.25) is 0 Å². The molecule has 1 aliphatic heterocycles. The zero-order valence-corrected chi connectivity index (χ0v) is 13.4. The molecule has 1 unspecified atom stereocenters. The molecule has 4 heteroatoms. The average Bonchev–Trinajstić information content (AvgIpc) is 2.94. The van der Waals surface area contributed by atoms with Crippen molar-refractivity contribution in [3.05, 3.63) is 42.1 Å². The number of nitrogens with zero attached hydrogens (tertiary/aromatic N) is 2. The average molecular weight is 298 g/mol. The van der Waals surface area contributed by atoms with Crippen LogP contribution in [0, 0.1) is 0 Å². The Labute approximate surface area is 131 Å². The van der Waals surface area contributed by atoms with Crippen molar-refractivity contribution in [2.24, 2.45) is 0 Å². The number of carbonyl (C=O) groups is 1. The molecule has 0 radical (unpaired) electrons. The Kier molecular flexibility index (Phi) is 3.77. The van der Waals surface area contributed by atoms with Crippen LogP contribution in [0.5, 0.6) is 0 Å². The molecule has 4 nitrogen and oxygen atoms in total. The third-order valence-corrected chi connectivity index (χ3v) is 3.94. The number of rotatable bonds is 1. The fraction of sp³-hybridized carbons (Fsp3) is 0.444. The summed E-state index contributed by atoms with van der Waals surface area (Å²) >= 11 is 0. The number of aromatic nitrogens is 1. The van der Waals surface area contributed by atoms with E-state index < -0.39 is 5.60 Å². The van der Waals surface area contributed by atoms with Crippen LogP contribution in [0.25, 0.3) is 10.9 Å². The number of carbonyl (C=O) groups excluding carboxylic acids is 1. The van der Waals surface area contributed by atoms with Crippen molar-refractivity contribution in [3.8, 4) is 0 Å². The van der Waals surface area contributed by atoms with Crippen LogP contribution < -0.4 is 0 Å². The van der Waals surface area contributed by atoms with Crippen LogP contribution >= 0.6 is 0 Å². The Hall–Kier alpha value is -2.10. The summed E-state index contributed by atoms with van der Waals surface area (Å²) in [4.78, 5) is 18.5. The first kappa shape index (κ1) is 14.8. The van der Waals surface area contributed by atoms with Gasteiger partial charge in [0.1, 0.15) is 5.60 Å². The van der Waals surface area contributed by atoms with Crippen molar-refractivity contribution < 1.29 is 9.53 Å². The molecule has 22 heavy (non-hydrogen) atoms. The van der Waals surface area contributed by atoms with Crippen molar-refractivity contribution >= 4 is 17.0 Å². The summed E-state index contributed by atoms with van der Waals surface area (Å²) in [5, 5.41) is 1.15. The number of ether oxygens (including phenoxy) is 1. The van der Waals surface area contributed by atoms with E-state index in [0.717, 1.165) is 23.9 Å². The quantitative estimate of drug-likeness (QED) is 0.800. The number of hydrogen-bond donors (Lipinski definition) is 0. The molecule has 0 N–H and O–H groups in total. The van der Waals surface area contributed by atoms with Crippen LogP contribution in [-0.2, 0) is 4.74 Å². The van der Waals surface area contributed by atoms with Gasteiger partial charge in [-0.3, -0.25) is 4.98 Å². The lowest BCUT2D eigenvalue weighted by atomic mass is 9.96. The second kappa shape index (κ2) is 5.59. The standard InChI is InChI=1S/C18H22N2O2/c1-18(2,3)22-17(21)20-11-9-14(12-20)15-8-4-6-13-7-5-10-19-16(13)15/h4-8,10,14H,9,11-12H2,1-3H3. The van der Waals surface area contributed by atoms with E-state index in [1.807, 2.05) is 33.0 Å². The van der Waals surface area contributed by atoms with Gasteiger partial charge in [-0.15, -0.1) is 0 Å². The first-order valence-electron chi connectivity index (χ1n) is 7.75. The molecule has 2 heterocycles. The summed E-state index contributed by atoms with van der Waals surface area (Å²) in [6.45, 7) is 7.13. The minimum atomic E-state index is -0.448. The van der Waals surface area contributed by atoms with Crippen LogP contribution in [0.1, 0.15) is 38.7 Å². The highest BCUT2D eigenvalue weighted by Gasteiger charge is 2.31. The number of likely N-dealkylation sites (tertiary alicyclic amines) is 1. The van der Waals surface area contributed by atoms with Crippen molar-refractivity contribution in [3.63, 3.8) is 0 Å². The Morgan fingerprint density at radius 2 is 2.05 bits per heavy atom. The maximum atomic E-state index is 12.2. The highest BCUT2D eigenvalue weighted by molar-refractivity contribution is 5.82. The lowest BCUT2D eigenvalue weighted by Crippen LogP contribution is -2.35. The highest BCUT2D eigenvalue weighted by atomic mass is 16.6. The Morgan fingerprint density at radius 1 is 1.27 bits per heavy atom. The van der Waals surface area contributed by atoms with Crippen molar-refractivity contribution in [1.82, 2.24) is 9.88 Å². The Balaban J connectivity index is 1.79. The molecular weight excluding hydrogens is 276 g/mol. The van der Waals surface area contributed by atoms with Gasteiger partial charge in [0.15, 0.2) is 0 Å². The minimum absolute atomic E-state index is 0.219. The largest absolute Gasteiger partial charge is 0.444 e. The van der Waals surface area contributed by atoms with Gasteiger partial charge in [-0.1, -0.05) is 24.3 Å². The van der Waals surface area contributed by atoms with Crippen molar-refractivity contribution in [2.75, 3.05) is 13.1 Å². The summed E-state index contributed by atoms with van der Waals surface area (Å²) < 4.78 is 5.46. The number of pyridine rings is 1. The molecule has 0 aliphatic carbocycles. The fourth-order valence-corrected chi connectivity index (χ4v) is 2.96. The van der Waals surface area contributed by atoms with Gasteiger partial charge in [-0.05, 0) is 38.8 Å². The SMILES string of the molecule is CC(C)(C)OC(=O)N1CCC(c2cccc3cccnc23)C1. The maximum Gasteiger partial charge on any atom is 0.410 e. The topological polar surface area (TPSA) is 42.4 Å². The molecule has 3 rings (SSSR count). The molecule has 1 saturated heterocycles. The van der Waals surface area contributed by atoms with E-state index in [4.69, 9.17) is 4.74 Å². The minimum Gasteiger partial charge on any atom is -0.444 e. The predicted molar refractivity (Wildman–Crippen MR) is 86.9 cm³/mol. The zero-order valence-electron chi connectivity index (χ0n) is 13.4. The molecule has 1 aliphatic rings. The van der Waals surface area contributed by atoms with Gasteiger partial charge in [0, 0.05) is 30.6 Å². The van der Waals surface area contributed by atoms with E-state index in [1.54, 1.807) is 4.90 Å². The highest BCUT2D eigenvalue weighted by Crippen LogP contribution is 2.32. The van der Waals surface area contributed by atoms with Crippen molar-refractivity contribution in [1.29, 1.82) is 0 Å². The van der Waals surface area contributed by atoms with Gasteiger partial charge < -0.3 is 9.64 Å². The number of hydrogen-bond acceptors (Lipinski definition) is 3. The van der Waals surface area contributed by atoms with E-state index >= 15 is 0 Å². The molecule has 1 atom stereocenters. The second-order valence-electron chi connectivity index (χ2n) is 6.83. The molecule has 2 aromatic rings. The maximum absolute atomic E-state index is 12.2. The molecule has 116 valence electrons. The van der Waals surface area contributed by atoms with E-state index in [0.29, 0.717) is 12.5 Å². The zero-order chi connectivity index (χ0) is 15.7. The third-order valence-electron chi connectivity index (χ3n) is 3.94. The van der Waals surface area contributed by atoms with Gasteiger partial charge in [-0.25, -0.2) is 4.79 Å².